The Morgan fingerprint density at radius 3 is 2.36 bits per heavy atom. The molecule has 0 saturated carbocycles. The van der Waals surface area contributed by atoms with Gasteiger partial charge in [0, 0.05) is 6.42 Å². The van der Waals surface area contributed by atoms with E-state index < -0.39 is 24.0 Å². The molecule has 152 valence electrons. The van der Waals surface area contributed by atoms with E-state index in [4.69, 9.17) is 13.9 Å². The first-order valence-corrected chi connectivity index (χ1v) is 9.97. The number of hydrogen-bond donors (Lipinski definition) is 1. The highest BCUT2D eigenvalue weighted by Crippen LogP contribution is 2.17. The summed E-state index contributed by atoms with van der Waals surface area (Å²) < 4.78 is 16.4. The van der Waals surface area contributed by atoms with E-state index in [1.54, 1.807) is 12.1 Å². The summed E-state index contributed by atoms with van der Waals surface area (Å²) in [5.74, 6) is -0.0160. The summed E-state index contributed by atoms with van der Waals surface area (Å²) in [7, 11) is 1.32. The van der Waals surface area contributed by atoms with Crippen molar-refractivity contribution in [3.8, 4) is 0 Å². The van der Waals surface area contributed by atoms with Gasteiger partial charge in [-0.15, -0.1) is 0 Å². The zero-order valence-corrected chi connectivity index (χ0v) is 17.9. The molecular weight excluding hydrogens is 426 g/mol. The largest absolute Gasteiger partial charge is 0.468 e. The second-order valence-electron chi connectivity index (χ2n) is 6.93. The Balaban J connectivity index is 2.07. The topological polar surface area (TPSA) is 77.8 Å². The molecule has 0 radical (unpaired) electrons. The Labute approximate surface area is 173 Å². The zero-order valence-electron chi connectivity index (χ0n) is 16.3. The number of esters is 2. The van der Waals surface area contributed by atoms with E-state index in [2.05, 4.69) is 21.2 Å². The Morgan fingerprint density at radius 1 is 1.07 bits per heavy atom. The minimum atomic E-state index is -0.726. The number of carbonyl (C=O) groups excluding carboxylic acids is 2. The lowest BCUT2D eigenvalue weighted by Crippen LogP contribution is -2.49. The van der Waals surface area contributed by atoms with Crippen molar-refractivity contribution >= 4 is 27.9 Å². The third-order valence-corrected chi connectivity index (χ3v) is 4.56. The van der Waals surface area contributed by atoms with E-state index in [0.717, 1.165) is 5.56 Å². The number of methoxy groups -OCH3 is 1. The first kappa shape index (κ1) is 22.2. The fourth-order valence-electron chi connectivity index (χ4n) is 2.79. The van der Waals surface area contributed by atoms with E-state index in [-0.39, 0.29) is 18.9 Å². The molecule has 0 aliphatic rings. The van der Waals surface area contributed by atoms with Crippen LogP contribution in [0.3, 0.4) is 0 Å². The second-order valence-corrected chi connectivity index (χ2v) is 7.71. The minimum absolute atomic E-state index is 0.184. The van der Waals surface area contributed by atoms with E-state index in [1.807, 2.05) is 44.2 Å². The number of ether oxygens (including phenoxy) is 2. The van der Waals surface area contributed by atoms with E-state index in [1.165, 1.54) is 7.11 Å². The van der Waals surface area contributed by atoms with Gasteiger partial charge in [0.05, 0.1) is 7.11 Å². The van der Waals surface area contributed by atoms with Gasteiger partial charge in [0.25, 0.3) is 0 Å². The van der Waals surface area contributed by atoms with E-state index in [0.29, 0.717) is 16.9 Å². The van der Waals surface area contributed by atoms with Crippen LogP contribution >= 0.6 is 15.9 Å². The molecule has 0 amide bonds. The Hall–Kier alpha value is -2.12. The maximum absolute atomic E-state index is 12.7. The second kappa shape index (κ2) is 11.0. The molecule has 2 aromatic rings. The van der Waals surface area contributed by atoms with Crippen molar-refractivity contribution in [1.82, 2.24) is 5.32 Å². The monoisotopic (exact) mass is 451 g/mol. The van der Waals surface area contributed by atoms with Gasteiger partial charge in [-0.1, -0.05) is 44.2 Å². The summed E-state index contributed by atoms with van der Waals surface area (Å²) >= 11 is 3.25. The van der Waals surface area contributed by atoms with Crippen molar-refractivity contribution in [2.75, 3.05) is 7.11 Å². The molecular formula is C21H26BrNO5. The van der Waals surface area contributed by atoms with Crippen LogP contribution in [0.2, 0.25) is 0 Å². The molecule has 1 unspecified atom stereocenters. The lowest BCUT2D eigenvalue weighted by Gasteiger charge is -2.24. The molecule has 6 nitrogen and oxygen atoms in total. The SMILES string of the molecule is COC(=O)C(Cc1ccc(Br)o1)N[C@@H](CC(C)C)C(=O)OCc1ccccc1. The average Bonchev–Trinajstić information content (AvgIpc) is 3.09. The van der Waals surface area contributed by atoms with Crippen LogP contribution in [0.25, 0.3) is 0 Å². The van der Waals surface area contributed by atoms with Gasteiger partial charge in [-0.3, -0.25) is 14.9 Å². The van der Waals surface area contributed by atoms with Gasteiger partial charge in [-0.2, -0.15) is 0 Å². The summed E-state index contributed by atoms with van der Waals surface area (Å²) in [5, 5.41) is 3.11. The Bertz CT molecular complexity index is 759. The summed E-state index contributed by atoms with van der Waals surface area (Å²) in [6.07, 6.45) is 0.793. The number of rotatable bonds is 10. The average molecular weight is 452 g/mol. The number of nitrogens with one attached hydrogen (secondary N) is 1. The van der Waals surface area contributed by atoms with Gasteiger partial charge in [-0.25, -0.2) is 0 Å². The van der Waals surface area contributed by atoms with Gasteiger partial charge in [0.15, 0.2) is 4.67 Å². The van der Waals surface area contributed by atoms with Crippen LogP contribution in [0.4, 0.5) is 0 Å². The first-order valence-electron chi connectivity index (χ1n) is 9.17. The van der Waals surface area contributed by atoms with E-state index >= 15 is 0 Å². The molecule has 1 aromatic carbocycles. The van der Waals surface area contributed by atoms with Gasteiger partial charge in [0.1, 0.15) is 24.5 Å². The van der Waals surface area contributed by atoms with Crippen molar-refractivity contribution in [3.05, 3.63) is 58.5 Å². The summed E-state index contributed by atoms with van der Waals surface area (Å²) in [4.78, 5) is 24.9. The summed E-state index contributed by atoms with van der Waals surface area (Å²) in [5.41, 5.74) is 0.907. The highest BCUT2D eigenvalue weighted by Gasteiger charge is 2.29. The van der Waals surface area contributed by atoms with Crippen LogP contribution in [0.1, 0.15) is 31.6 Å². The zero-order chi connectivity index (χ0) is 20.5. The van der Waals surface area contributed by atoms with Crippen molar-refractivity contribution in [3.63, 3.8) is 0 Å². The fourth-order valence-corrected chi connectivity index (χ4v) is 3.13. The number of halogens is 1. The predicted molar refractivity (Wildman–Crippen MR) is 109 cm³/mol. The lowest BCUT2D eigenvalue weighted by molar-refractivity contribution is -0.149. The van der Waals surface area contributed by atoms with Gasteiger partial charge in [0.2, 0.25) is 0 Å². The highest BCUT2D eigenvalue weighted by atomic mass is 79.9. The van der Waals surface area contributed by atoms with Crippen LogP contribution < -0.4 is 5.32 Å². The third kappa shape index (κ3) is 7.13. The first-order chi connectivity index (χ1) is 13.4. The molecule has 1 heterocycles. The maximum Gasteiger partial charge on any atom is 0.323 e. The van der Waals surface area contributed by atoms with Crippen LogP contribution in [0.15, 0.2) is 51.6 Å². The molecule has 7 heteroatoms. The van der Waals surface area contributed by atoms with Crippen LogP contribution in [0.5, 0.6) is 0 Å². The molecule has 0 bridgehead atoms. The van der Waals surface area contributed by atoms with Crippen molar-refractivity contribution in [2.24, 2.45) is 5.92 Å². The molecule has 2 rings (SSSR count). The van der Waals surface area contributed by atoms with Crippen molar-refractivity contribution < 1.29 is 23.5 Å². The number of furan rings is 1. The lowest BCUT2D eigenvalue weighted by atomic mass is 10.0. The van der Waals surface area contributed by atoms with Gasteiger partial charge in [-0.05, 0) is 46.0 Å². The molecule has 0 spiro atoms. The number of carbonyl (C=O) groups is 2. The van der Waals surface area contributed by atoms with Crippen LogP contribution in [-0.2, 0) is 32.1 Å². The summed E-state index contributed by atoms with van der Waals surface area (Å²) in [6.45, 7) is 4.20. The maximum atomic E-state index is 12.7. The Kier molecular flexibility index (Phi) is 8.73. The minimum Gasteiger partial charge on any atom is -0.468 e. The quantitative estimate of drug-likeness (QED) is 0.552. The fraction of sp³-hybridized carbons (Fsp3) is 0.429. The summed E-state index contributed by atoms with van der Waals surface area (Å²) in [6, 6.07) is 11.6. The smallest absolute Gasteiger partial charge is 0.323 e. The van der Waals surface area contributed by atoms with Crippen LogP contribution in [0, 0.1) is 5.92 Å². The molecule has 0 fully saturated rings. The highest BCUT2D eigenvalue weighted by molar-refractivity contribution is 9.10. The van der Waals surface area contributed by atoms with Crippen molar-refractivity contribution in [1.29, 1.82) is 0 Å². The van der Waals surface area contributed by atoms with E-state index in [9.17, 15) is 9.59 Å². The van der Waals surface area contributed by atoms with Crippen LogP contribution in [-0.4, -0.2) is 31.1 Å². The standard InChI is InChI=1S/C21H26BrNO5/c1-14(2)11-17(21(25)27-13-15-7-5-4-6-8-15)23-18(20(24)26-3)12-16-9-10-19(22)28-16/h4-10,14,17-18,23H,11-13H2,1-3H3/t17-,18?/m0/s1. The predicted octanol–water partition coefficient (Wildman–Crippen LogP) is 3.87. The molecule has 0 aliphatic heterocycles. The normalized spacial score (nSPS) is 13.2. The van der Waals surface area contributed by atoms with Gasteiger partial charge >= 0.3 is 11.9 Å². The Morgan fingerprint density at radius 2 is 1.79 bits per heavy atom. The number of benzene rings is 1. The molecule has 1 N–H and O–H groups in total. The third-order valence-electron chi connectivity index (χ3n) is 4.14. The molecule has 0 saturated heterocycles. The molecule has 0 aliphatic carbocycles. The molecule has 28 heavy (non-hydrogen) atoms. The number of hydrogen-bond acceptors (Lipinski definition) is 6. The van der Waals surface area contributed by atoms with Gasteiger partial charge < -0.3 is 13.9 Å². The van der Waals surface area contributed by atoms with Crippen molar-refractivity contribution in [2.45, 2.75) is 45.4 Å². The molecule has 2 atom stereocenters. The molecule has 1 aromatic heterocycles.